The Morgan fingerprint density at radius 3 is 2.70 bits per heavy atom. The number of nitrogens with two attached hydrogens (primary N) is 2. The molecule has 30 heavy (non-hydrogen) atoms. The van der Waals surface area contributed by atoms with Crippen molar-refractivity contribution in [2.45, 2.75) is 32.2 Å². The SMILES string of the molecule is Cc1c2c(N)nn(C(=O)OCOP(=O)(OCCCN)[NH+]([O-])C3CC3)c(=O)c2nn1C. The molecule has 2 heterocycles. The Hall–Kier alpha value is -2.35. The van der Waals surface area contributed by atoms with E-state index in [0.717, 1.165) is 0 Å². The van der Waals surface area contributed by atoms with Gasteiger partial charge in [0, 0.05) is 25.6 Å². The van der Waals surface area contributed by atoms with Crippen LogP contribution in [-0.4, -0.2) is 51.6 Å². The molecule has 2 aromatic rings. The van der Waals surface area contributed by atoms with Gasteiger partial charge in [0.15, 0.2) is 11.3 Å². The van der Waals surface area contributed by atoms with Crippen molar-refractivity contribution in [1.82, 2.24) is 19.6 Å². The number of hydroxylamine groups is 1. The number of carbonyl (C=O) groups excluding carboxylic acids is 1. The summed E-state index contributed by atoms with van der Waals surface area (Å²) in [6, 6.07) is -0.400. The number of anilines is 1. The fraction of sp³-hybridized carbons (Fsp3) is 0.600. The van der Waals surface area contributed by atoms with Crippen LogP contribution < -0.4 is 21.9 Å². The number of ether oxygens (including phenoxy) is 1. The normalized spacial score (nSPS) is 17.1. The van der Waals surface area contributed by atoms with Gasteiger partial charge in [-0.2, -0.15) is 5.10 Å². The van der Waals surface area contributed by atoms with Gasteiger partial charge in [0.1, 0.15) is 0 Å². The molecule has 0 saturated heterocycles. The minimum absolute atomic E-state index is 0.0482. The van der Waals surface area contributed by atoms with Gasteiger partial charge in [-0.05, 0) is 19.9 Å². The molecule has 1 aliphatic rings. The zero-order valence-corrected chi connectivity index (χ0v) is 17.5. The lowest BCUT2D eigenvalue weighted by Crippen LogP contribution is -3.04. The lowest BCUT2D eigenvalue weighted by molar-refractivity contribution is -0.743. The van der Waals surface area contributed by atoms with Crippen LogP contribution >= 0.6 is 7.75 Å². The summed E-state index contributed by atoms with van der Waals surface area (Å²) < 4.78 is 29.6. The third-order valence-corrected chi connectivity index (χ3v) is 6.45. The summed E-state index contributed by atoms with van der Waals surface area (Å²) in [6.07, 6.45) is 0.319. The number of hydrogen-bond acceptors (Lipinski definition) is 11. The van der Waals surface area contributed by atoms with E-state index in [1.54, 1.807) is 14.0 Å². The van der Waals surface area contributed by atoms with E-state index >= 15 is 0 Å². The Balaban J connectivity index is 1.72. The van der Waals surface area contributed by atoms with Gasteiger partial charge in [-0.1, -0.05) is 0 Å². The molecule has 0 aromatic carbocycles. The minimum Gasteiger partial charge on any atom is -0.628 e. The number of rotatable bonds is 9. The van der Waals surface area contributed by atoms with Crippen LogP contribution in [0.2, 0.25) is 0 Å². The molecule has 2 unspecified atom stereocenters. The van der Waals surface area contributed by atoms with Crippen LogP contribution in [0.15, 0.2) is 4.79 Å². The third kappa shape index (κ3) is 4.38. The molecule has 1 fully saturated rings. The summed E-state index contributed by atoms with van der Waals surface area (Å²) in [5.74, 6) is -0.0900. The summed E-state index contributed by atoms with van der Waals surface area (Å²) in [4.78, 5) is 24.1. The minimum atomic E-state index is -4.17. The predicted octanol–water partition coefficient (Wildman–Crippen LogP) is -1.00. The summed E-state index contributed by atoms with van der Waals surface area (Å²) in [6.45, 7) is 1.04. The average molecular weight is 445 g/mol. The fourth-order valence-corrected chi connectivity index (χ4v) is 4.28. The van der Waals surface area contributed by atoms with Crippen LogP contribution in [0.1, 0.15) is 25.0 Å². The van der Waals surface area contributed by atoms with Crippen molar-refractivity contribution in [3.8, 4) is 0 Å². The van der Waals surface area contributed by atoms with Gasteiger partial charge in [0.2, 0.25) is 6.79 Å². The molecule has 5 N–H and O–H groups in total. The van der Waals surface area contributed by atoms with E-state index < -0.39 is 37.1 Å². The maximum atomic E-state index is 12.8. The van der Waals surface area contributed by atoms with Crippen LogP contribution in [0.3, 0.4) is 0 Å². The number of hydrogen-bond donors (Lipinski definition) is 3. The molecule has 166 valence electrons. The van der Waals surface area contributed by atoms with Crippen LogP contribution in [0, 0.1) is 12.1 Å². The van der Waals surface area contributed by atoms with Crippen LogP contribution in [0.5, 0.6) is 0 Å². The molecular weight excluding hydrogens is 421 g/mol. The summed E-state index contributed by atoms with van der Waals surface area (Å²) in [7, 11) is -2.55. The maximum absolute atomic E-state index is 12.8. The number of nitrogens with zero attached hydrogens (tertiary/aromatic N) is 4. The third-order valence-electron chi connectivity index (χ3n) is 4.58. The summed E-state index contributed by atoms with van der Waals surface area (Å²) in [5.41, 5.74) is 10.9. The molecule has 3 rings (SSSR count). The predicted molar refractivity (Wildman–Crippen MR) is 104 cm³/mol. The van der Waals surface area contributed by atoms with Crippen molar-refractivity contribution < 1.29 is 28.0 Å². The monoisotopic (exact) mass is 445 g/mol. The Labute approximate surface area is 170 Å². The highest BCUT2D eigenvalue weighted by molar-refractivity contribution is 7.46. The second kappa shape index (κ2) is 8.79. The first-order valence-electron chi connectivity index (χ1n) is 9.22. The number of aryl methyl sites for hydroxylation is 2. The summed E-state index contributed by atoms with van der Waals surface area (Å²) in [5, 5.41) is 20.4. The fourth-order valence-electron chi connectivity index (χ4n) is 2.69. The van der Waals surface area contributed by atoms with E-state index in [1.807, 2.05) is 0 Å². The number of aromatic nitrogens is 4. The molecule has 1 saturated carbocycles. The Kier molecular flexibility index (Phi) is 6.55. The van der Waals surface area contributed by atoms with Crippen molar-refractivity contribution in [2.24, 2.45) is 12.8 Å². The molecule has 1 aliphatic carbocycles. The van der Waals surface area contributed by atoms with Gasteiger partial charge in [-0.3, -0.25) is 18.8 Å². The van der Waals surface area contributed by atoms with E-state index in [0.29, 0.717) is 35.0 Å². The van der Waals surface area contributed by atoms with Crippen molar-refractivity contribution >= 4 is 30.6 Å². The quantitative estimate of drug-likeness (QED) is 0.185. The van der Waals surface area contributed by atoms with E-state index in [9.17, 15) is 19.4 Å². The van der Waals surface area contributed by atoms with Crippen molar-refractivity contribution in [3.63, 3.8) is 0 Å². The van der Waals surface area contributed by atoms with Gasteiger partial charge in [-0.15, -0.1) is 9.78 Å². The second-order valence-corrected chi connectivity index (χ2v) is 8.73. The second-order valence-electron chi connectivity index (χ2n) is 6.78. The standard InChI is InChI=1S/C15H24N7O7P/c1-9-11-12(18-20(9)2)14(23)21(19-13(11)17)15(24)27-8-29-30(26,28-7-3-6-16)22(25)10-4-5-10/h10,22H,3-8,16H2,1-2H3,(H2,17,19). The number of fused-ring (bicyclic) bond motifs is 1. The molecule has 2 aromatic heterocycles. The Morgan fingerprint density at radius 2 is 2.07 bits per heavy atom. The molecule has 15 heteroatoms. The smallest absolute Gasteiger partial charge is 0.533 e. The number of carbonyl (C=O) groups is 1. The lowest BCUT2D eigenvalue weighted by Gasteiger charge is -2.28. The van der Waals surface area contributed by atoms with Crippen LogP contribution in [0.4, 0.5) is 10.6 Å². The van der Waals surface area contributed by atoms with Crippen LogP contribution in [0.25, 0.3) is 10.9 Å². The molecule has 0 bridgehead atoms. The van der Waals surface area contributed by atoms with E-state index in [-0.39, 0.29) is 24.5 Å². The van der Waals surface area contributed by atoms with Crippen molar-refractivity contribution in [1.29, 1.82) is 0 Å². The molecule has 0 radical (unpaired) electrons. The zero-order valence-electron chi connectivity index (χ0n) is 16.6. The number of nitrogen functional groups attached to an aromatic ring is 1. The highest BCUT2D eigenvalue weighted by Crippen LogP contribution is 2.41. The van der Waals surface area contributed by atoms with Gasteiger partial charge >= 0.3 is 19.4 Å². The molecule has 0 spiro atoms. The first-order chi connectivity index (χ1) is 14.2. The maximum Gasteiger partial charge on any atom is 0.533 e. The molecule has 0 aliphatic heterocycles. The topological polar surface area (TPSA) is 194 Å². The average Bonchev–Trinajstić information content (AvgIpc) is 3.50. The zero-order chi connectivity index (χ0) is 22.1. The largest absolute Gasteiger partial charge is 0.628 e. The molecule has 14 nitrogen and oxygen atoms in total. The van der Waals surface area contributed by atoms with E-state index in [1.165, 1.54) is 4.68 Å². The molecule has 2 atom stereocenters. The lowest BCUT2D eigenvalue weighted by atomic mass is 10.2. The number of nitrogens with one attached hydrogen (secondary N) is 1. The van der Waals surface area contributed by atoms with Gasteiger partial charge in [0.05, 0.1) is 18.0 Å². The molecule has 0 amide bonds. The van der Waals surface area contributed by atoms with Gasteiger partial charge < -0.3 is 21.4 Å². The van der Waals surface area contributed by atoms with E-state index in [2.05, 4.69) is 10.2 Å². The van der Waals surface area contributed by atoms with Crippen molar-refractivity contribution in [2.75, 3.05) is 25.7 Å². The van der Waals surface area contributed by atoms with Gasteiger partial charge in [-0.25, -0.2) is 13.9 Å². The highest BCUT2D eigenvalue weighted by Gasteiger charge is 2.44. The van der Waals surface area contributed by atoms with Crippen LogP contribution in [-0.2, 0) is 25.4 Å². The van der Waals surface area contributed by atoms with Gasteiger partial charge in [0.25, 0.3) is 0 Å². The van der Waals surface area contributed by atoms with E-state index in [4.69, 9.17) is 25.3 Å². The number of quaternary nitrogens is 1. The Morgan fingerprint density at radius 1 is 1.37 bits per heavy atom. The highest BCUT2D eigenvalue weighted by atomic mass is 31.2. The Bertz CT molecular complexity index is 1050. The molecular formula is C15H24N7O7P. The first kappa shape index (κ1) is 22.3. The first-order valence-corrected chi connectivity index (χ1v) is 10.8. The van der Waals surface area contributed by atoms with Crippen molar-refractivity contribution in [3.05, 3.63) is 21.3 Å². The summed E-state index contributed by atoms with van der Waals surface area (Å²) >= 11 is 0.